The molecule has 4 N–H and O–H groups in total. The Labute approximate surface area is 284 Å². The van der Waals surface area contributed by atoms with Crippen LogP contribution < -0.4 is 10.6 Å². The Morgan fingerprint density at radius 3 is 1.46 bits per heavy atom. The number of nitrogens with zero attached hydrogens (tertiary/aromatic N) is 4. The molecule has 0 amide bonds. The van der Waals surface area contributed by atoms with E-state index >= 15 is 0 Å². The quantitative estimate of drug-likeness (QED) is 0.112. The second-order valence-electron chi connectivity index (χ2n) is 9.88. The lowest BCUT2D eigenvalue weighted by Gasteiger charge is -2.23. The van der Waals surface area contributed by atoms with Crippen LogP contribution in [0, 0.1) is 34.6 Å². The third kappa shape index (κ3) is 9.47. The first-order valence-electron chi connectivity index (χ1n) is 14.1. The van der Waals surface area contributed by atoms with Crippen molar-refractivity contribution in [3.05, 3.63) is 55.5 Å². The zero-order chi connectivity index (χ0) is 36.3. The van der Waals surface area contributed by atoms with Crippen LogP contribution in [0.15, 0.2) is 21.1 Å². The summed E-state index contributed by atoms with van der Waals surface area (Å²) in [5, 5.41) is 35.6. The molecule has 0 fully saturated rings. The van der Waals surface area contributed by atoms with E-state index < -0.39 is 41.8 Å². The van der Waals surface area contributed by atoms with Gasteiger partial charge in [-0.3, -0.25) is 0 Å². The summed E-state index contributed by atoms with van der Waals surface area (Å²) in [7, 11) is 5.79. The molecule has 2 aromatic heterocycles. The number of aliphatic carboxylic acids is 2. The maximum atomic E-state index is 12.5. The van der Waals surface area contributed by atoms with E-state index in [0.717, 1.165) is 27.8 Å². The number of anilines is 2. The van der Waals surface area contributed by atoms with Crippen molar-refractivity contribution in [2.75, 3.05) is 38.9 Å². The minimum atomic E-state index is -1.31. The van der Waals surface area contributed by atoms with Gasteiger partial charge in [0.1, 0.15) is 11.4 Å². The first-order chi connectivity index (χ1) is 22.6. The van der Waals surface area contributed by atoms with Crippen molar-refractivity contribution < 1.29 is 48.5 Å². The van der Waals surface area contributed by atoms with Crippen molar-refractivity contribution in [1.29, 1.82) is 0 Å². The Morgan fingerprint density at radius 1 is 0.708 bits per heavy atom. The van der Waals surface area contributed by atoms with E-state index in [0.29, 0.717) is 15.8 Å². The van der Waals surface area contributed by atoms with Gasteiger partial charge >= 0.3 is 23.9 Å². The molecule has 3 rings (SSSR count). The molecule has 260 valence electrons. The number of ether oxygens (including phenoxy) is 2. The molecular formula is C30H38N6O10S2. The van der Waals surface area contributed by atoms with Gasteiger partial charge in [0.2, 0.25) is 23.6 Å². The van der Waals surface area contributed by atoms with Crippen LogP contribution in [0.1, 0.15) is 57.8 Å². The number of esters is 2. The average molecular weight is 707 g/mol. The Hall–Kier alpha value is -5.10. The lowest BCUT2D eigenvalue weighted by atomic mass is 9.87. The van der Waals surface area contributed by atoms with Crippen LogP contribution in [0.4, 0.5) is 10.3 Å². The van der Waals surface area contributed by atoms with Gasteiger partial charge < -0.3 is 40.0 Å². The zero-order valence-electron chi connectivity index (χ0n) is 28.1. The number of benzene rings is 1. The van der Waals surface area contributed by atoms with Crippen LogP contribution in [0.3, 0.4) is 0 Å². The van der Waals surface area contributed by atoms with Crippen molar-refractivity contribution in [2.24, 2.45) is 10.3 Å². The summed E-state index contributed by atoms with van der Waals surface area (Å²) in [4.78, 5) is 64.8. The van der Waals surface area contributed by atoms with Crippen LogP contribution in [0.5, 0.6) is 0 Å². The summed E-state index contributed by atoms with van der Waals surface area (Å²) in [6.07, 6.45) is -2.20. The van der Waals surface area contributed by atoms with Gasteiger partial charge in [0, 0.05) is 30.4 Å². The van der Waals surface area contributed by atoms with Crippen molar-refractivity contribution >= 4 is 68.2 Å². The fourth-order valence-corrected chi connectivity index (χ4v) is 5.39. The summed E-state index contributed by atoms with van der Waals surface area (Å²) >= 11 is 2.46. The minimum Gasteiger partial charge on any atom is -0.476 e. The number of methoxy groups -OCH3 is 2. The Kier molecular flexibility index (Phi) is 14.4. The smallest absolute Gasteiger partial charge is 0.360 e. The standard InChI is InChI=1S/C20H25N3O5S.C10H13N3O5S/c1-9-10(2)12(4)15(13(5)11(9)3)17(19(26)27-7)28-23-16(18(24)25)14-8-29-20(21-6)22-14;1-5(9(16)17-3)18-13-7(8(14)15)6-4-19-10(11-2)12-6/h8,17H,1-7H3,(H,21,22)(H,24,25);4-5H,1-3H3,(H,11,12)(H,14,15)/b23-16+;13-7+. The predicted molar refractivity (Wildman–Crippen MR) is 180 cm³/mol. The lowest BCUT2D eigenvalue weighted by molar-refractivity contribution is -0.155. The highest BCUT2D eigenvalue weighted by atomic mass is 32.1. The number of carbonyl (C=O) groups excluding carboxylic acids is 2. The number of hydrogen-bond acceptors (Lipinski definition) is 16. The summed E-state index contributed by atoms with van der Waals surface area (Å²) in [6.45, 7) is 11.1. The van der Waals surface area contributed by atoms with Crippen molar-refractivity contribution in [2.45, 2.75) is 53.8 Å². The fraction of sp³-hybridized carbons (Fsp3) is 0.400. The molecule has 0 aliphatic carbocycles. The number of nitrogens with one attached hydrogen (secondary N) is 2. The number of rotatable bonds is 13. The van der Waals surface area contributed by atoms with Crippen LogP contribution in [0.2, 0.25) is 0 Å². The highest BCUT2D eigenvalue weighted by molar-refractivity contribution is 7.14. The Balaban J connectivity index is 0.000000365. The molecule has 2 unspecified atom stereocenters. The number of hydrogen-bond donors (Lipinski definition) is 4. The van der Waals surface area contributed by atoms with Gasteiger partial charge in [0.25, 0.3) is 0 Å². The molecule has 3 aromatic rings. The first-order valence-corrected chi connectivity index (χ1v) is 15.8. The zero-order valence-corrected chi connectivity index (χ0v) is 29.7. The first kappa shape index (κ1) is 39.1. The highest BCUT2D eigenvalue weighted by Gasteiger charge is 2.30. The molecule has 1 aromatic carbocycles. The monoisotopic (exact) mass is 706 g/mol. The average Bonchev–Trinajstić information content (AvgIpc) is 3.75. The van der Waals surface area contributed by atoms with E-state index in [1.54, 1.807) is 19.5 Å². The highest BCUT2D eigenvalue weighted by Crippen LogP contribution is 2.33. The molecule has 0 saturated heterocycles. The van der Waals surface area contributed by atoms with E-state index in [1.165, 1.54) is 49.2 Å². The van der Waals surface area contributed by atoms with Gasteiger partial charge in [-0.05, 0) is 69.4 Å². The maximum Gasteiger partial charge on any atom is 0.360 e. The molecule has 2 heterocycles. The van der Waals surface area contributed by atoms with Gasteiger partial charge in [-0.1, -0.05) is 10.3 Å². The molecule has 18 heteroatoms. The Bertz CT molecular complexity index is 1690. The molecule has 16 nitrogen and oxygen atoms in total. The number of thiazole rings is 2. The number of carboxylic acid groups (broad SMARTS) is 2. The van der Waals surface area contributed by atoms with E-state index in [4.69, 9.17) is 19.5 Å². The van der Waals surface area contributed by atoms with Crippen LogP contribution in [-0.4, -0.2) is 89.9 Å². The van der Waals surface area contributed by atoms with E-state index in [1.807, 2.05) is 34.6 Å². The molecule has 0 aliphatic heterocycles. The minimum absolute atomic E-state index is 0.139. The molecule has 0 aliphatic rings. The largest absolute Gasteiger partial charge is 0.476 e. The van der Waals surface area contributed by atoms with E-state index in [9.17, 15) is 24.3 Å². The third-order valence-corrected chi connectivity index (χ3v) is 8.87. The summed E-state index contributed by atoms with van der Waals surface area (Å²) in [6, 6.07) is 0. The van der Waals surface area contributed by atoms with Crippen molar-refractivity contribution in [3.63, 3.8) is 0 Å². The molecular weight excluding hydrogens is 668 g/mol. The van der Waals surface area contributed by atoms with Crippen LogP contribution >= 0.6 is 22.7 Å². The molecule has 0 bridgehead atoms. The van der Waals surface area contributed by atoms with E-state index in [-0.39, 0.29) is 17.1 Å². The van der Waals surface area contributed by atoms with Crippen molar-refractivity contribution in [1.82, 2.24) is 9.97 Å². The van der Waals surface area contributed by atoms with Gasteiger partial charge in [-0.25, -0.2) is 29.1 Å². The van der Waals surface area contributed by atoms with Crippen LogP contribution in [-0.2, 0) is 38.3 Å². The van der Waals surface area contributed by atoms with Gasteiger partial charge in [0.05, 0.1) is 14.2 Å². The SMILES string of the molecule is CNc1nc(/C(=N\OC(C(=O)OC)c2c(C)c(C)c(C)c(C)c2C)C(=O)O)cs1.CNc1nc(/C(=N\OC(C)C(=O)OC)C(=O)O)cs1. The predicted octanol–water partition coefficient (Wildman–Crippen LogP) is 4.00. The molecule has 0 saturated carbocycles. The number of oxime groups is 2. The normalized spacial score (nSPS) is 12.5. The topological polar surface area (TPSA) is 220 Å². The number of aromatic nitrogens is 2. The summed E-state index contributed by atoms with van der Waals surface area (Å²) < 4.78 is 9.33. The van der Waals surface area contributed by atoms with Crippen LogP contribution in [0.25, 0.3) is 0 Å². The molecule has 2 atom stereocenters. The van der Waals surface area contributed by atoms with Gasteiger partial charge in [-0.2, -0.15) is 0 Å². The molecule has 0 spiro atoms. The Morgan fingerprint density at radius 2 is 1.10 bits per heavy atom. The van der Waals surface area contributed by atoms with E-state index in [2.05, 4.69) is 35.6 Å². The number of carboxylic acids is 2. The third-order valence-electron chi connectivity index (χ3n) is 7.15. The maximum absolute atomic E-state index is 12.5. The lowest BCUT2D eigenvalue weighted by Crippen LogP contribution is -2.22. The second-order valence-corrected chi connectivity index (χ2v) is 11.6. The summed E-state index contributed by atoms with van der Waals surface area (Å²) in [5.41, 5.74) is 5.07. The fourth-order valence-electron chi connectivity index (χ4n) is 4.07. The second kappa shape index (κ2) is 17.7. The van der Waals surface area contributed by atoms with Gasteiger partial charge in [0.15, 0.2) is 10.3 Å². The van der Waals surface area contributed by atoms with Gasteiger partial charge in [-0.15, -0.1) is 22.7 Å². The number of carbonyl (C=O) groups is 4. The molecule has 0 radical (unpaired) electrons. The van der Waals surface area contributed by atoms with Crippen molar-refractivity contribution in [3.8, 4) is 0 Å². The summed E-state index contributed by atoms with van der Waals surface area (Å²) in [5.74, 6) is -3.93. The molecule has 48 heavy (non-hydrogen) atoms.